The maximum Gasteiger partial charge on any atom is 0.321 e. The number of esters is 1. The summed E-state index contributed by atoms with van der Waals surface area (Å²) in [4.78, 5) is 11.0. The molecular weight excluding hydrogens is 325 g/mol. The fourth-order valence-corrected chi connectivity index (χ4v) is 3.42. The first-order valence-electron chi connectivity index (χ1n) is 6.63. The van der Waals surface area contributed by atoms with Crippen LogP contribution in [0.15, 0.2) is 41.6 Å². The van der Waals surface area contributed by atoms with E-state index in [1.54, 1.807) is 13.2 Å². The van der Waals surface area contributed by atoms with E-state index in [2.05, 4.69) is 9.84 Å². The fourth-order valence-electron chi connectivity index (χ4n) is 1.98. The first-order chi connectivity index (χ1) is 10.8. The van der Waals surface area contributed by atoms with Gasteiger partial charge in [-0.1, -0.05) is 12.1 Å². The van der Waals surface area contributed by atoms with Crippen LogP contribution >= 0.6 is 0 Å². The minimum atomic E-state index is -4.21. The maximum absolute atomic E-state index is 13.9. The van der Waals surface area contributed by atoms with Crippen molar-refractivity contribution in [3.8, 4) is 0 Å². The van der Waals surface area contributed by atoms with Gasteiger partial charge >= 0.3 is 5.97 Å². The summed E-state index contributed by atoms with van der Waals surface area (Å²) in [6.45, 7) is -0.651. The zero-order valence-electron chi connectivity index (χ0n) is 12.6. The molecule has 0 amide bonds. The molecule has 0 saturated carbocycles. The minimum Gasteiger partial charge on any atom is -0.468 e. The van der Waals surface area contributed by atoms with Gasteiger partial charge in [-0.2, -0.15) is 9.40 Å². The highest BCUT2D eigenvalue weighted by atomic mass is 32.2. The van der Waals surface area contributed by atoms with E-state index in [0.717, 1.165) is 23.5 Å². The summed E-state index contributed by atoms with van der Waals surface area (Å²) >= 11 is 0. The molecule has 1 heterocycles. The quantitative estimate of drug-likeness (QED) is 0.730. The lowest BCUT2D eigenvalue weighted by Crippen LogP contribution is -2.36. The van der Waals surface area contributed by atoms with Crippen molar-refractivity contribution in [2.45, 2.75) is 11.4 Å². The molecule has 0 aliphatic heterocycles. The molecule has 124 valence electrons. The van der Waals surface area contributed by atoms with Crippen LogP contribution < -0.4 is 0 Å². The highest BCUT2D eigenvalue weighted by molar-refractivity contribution is 7.89. The zero-order valence-corrected chi connectivity index (χ0v) is 13.5. The normalized spacial score (nSPS) is 11.7. The summed E-state index contributed by atoms with van der Waals surface area (Å²) in [6.07, 6.45) is 3.09. The van der Waals surface area contributed by atoms with Gasteiger partial charge in [-0.15, -0.1) is 0 Å². The standard InChI is InChI=1S/C14H16FN3O4S/c1-17-8-11(7-16-17)9-18(10-14(19)22-2)23(20,21)13-6-4-3-5-12(13)15/h3-8H,9-10H2,1-2H3. The van der Waals surface area contributed by atoms with Gasteiger partial charge in [0.1, 0.15) is 17.3 Å². The zero-order chi connectivity index (χ0) is 17.0. The lowest BCUT2D eigenvalue weighted by Gasteiger charge is -2.20. The Morgan fingerprint density at radius 1 is 1.39 bits per heavy atom. The molecule has 0 bridgehead atoms. The van der Waals surface area contributed by atoms with E-state index in [1.165, 1.54) is 23.0 Å². The molecule has 9 heteroatoms. The van der Waals surface area contributed by atoms with Crippen molar-refractivity contribution in [1.82, 2.24) is 14.1 Å². The van der Waals surface area contributed by atoms with Crippen LogP contribution in [0.5, 0.6) is 0 Å². The summed E-state index contributed by atoms with van der Waals surface area (Å²) in [5, 5.41) is 3.95. The predicted octanol–water partition coefficient (Wildman–Crippen LogP) is 0.923. The fraction of sp³-hybridized carbons (Fsp3) is 0.286. The number of carbonyl (C=O) groups is 1. The molecule has 7 nitrogen and oxygen atoms in total. The third kappa shape index (κ3) is 3.93. The molecule has 0 N–H and O–H groups in total. The summed E-state index contributed by atoms with van der Waals surface area (Å²) in [6, 6.07) is 5.00. The van der Waals surface area contributed by atoms with Crippen molar-refractivity contribution in [3.05, 3.63) is 48.0 Å². The Bertz CT molecular complexity index is 804. The van der Waals surface area contributed by atoms with Crippen LogP contribution in [0.25, 0.3) is 0 Å². The third-order valence-corrected chi connectivity index (χ3v) is 4.93. The second kappa shape index (κ2) is 6.88. The second-order valence-corrected chi connectivity index (χ2v) is 6.71. The van der Waals surface area contributed by atoms with Crippen LogP contribution in [-0.2, 0) is 33.1 Å². The van der Waals surface area contributed by atoms with Crippen molar-refractivity contribution in [2.75, 3.05) is 13.7 Å². The number of carbonyl (C=O) groups excluding carboxylic acids is 1. The minimum absolute atomic E-state index is 0.125. The van der Waals surface area contributed by atoms with Gasteiger partial charge in [0.05, 0.1) is 13.3 Å². The molecular formula is C14H16FN3O4S. The molecule has 23 heavy (non-hydrogen) atoms. The average molecular weight is 341 g/mol. The largest absolute Gasteiger partial charge is 0.468 e. The number of methoxy groups -OCH3 is 1. The van der Waals surface area contributed by atoms with Gasteiger partial charge in [0.25, 0.3) is 0 Å². The first-order valence-corrected chi connectivity index (χ1v) is 8.07. The molecule has 0 unspecified atom stereocenters. The van der Waals surface area contributed by atoms with E-state index < -0.39 is 33.3 Å². The van der Waals surface area contributed by atoms with Gasteiger partial charge in [-0.3, -0.25) is 9.48 Å². The van der Waals surface area contributed by atoms with Crippen molar-refractivity contribution < 1.29 is 22.3 Å². The first kappa shape index (κ1) is 17.1. The van der Waals surface area contributed by atoms with Crippen LogP contribution in [0.1, 0.15) is 5.56 Å². The van der Waals surface area contributed by atoms with Crippen molar-refractivity contribution in [2.24, 2.45) is 7.05 Å². The smallest absolute Gasteiger partial charge is 0.321 e. The van der Waals surface area contributed by atoms with E-state index in [1.807, 2.05) is 0 Å². The Kier molecular flexibility index (Phi) is 5.12. The Balaban J connectivity index is 2.39. The number of benzene rings is 1. The van der Waals surface area contributed by atoms with Crippen molar-refractivity contribution in [1.29, 1.82) is 0 Å². The van der Waals surface area contributed by atoms with E-state index in [4.69, 9.17) is 0 Å². The number of aryl methyl sites for hydroxylation is 1. The predicted molar refractivity (Wildman–Crippen MR) is 79.2 cm³/mol. The van der Waals surface area contributed by atoms with Crippen LogP contribution in [0, 0.1) is 5.82 Å². The Morgan fingerprint density at radius 3 is 2.65 bits per heavy atom. The number of nitrogens with zero attached hydrogens (tertiary/aromatic N) is 3. The van der Waals surface area contributed by atoms with Gasteiger partial charge < -0.3 is 4.74 Å². The molecule has 0 spiro atoms. The summed E-state index contributed by atoms with van der Waals surface area (Å²) in [5.74, 6) is -1.62. The van der Waals surface area contributed by atoms with E-state index in [-0.39, 0.29) is 6.54 Å². The number of aromatic nitrogens is 2. The van der Waals surface area contributed by atoms with Crippen LogP contribution in [0.4, 0.5) is 4.39 Å². The molecule has 0 saturated heterocycles. The third-order valence-electron chi connectivity index (χ3n) is 3.10. The Labute approximate surface area is 133 Å². The molecule has 0 radical (unpaired) electrons. The van der Waals surface area contributed by atoms with Crippen molar-refractivity contribution >= 4 is 16.0 Å². The number of rotatable bonds is 6. The number of hydrogen-bond acceptors (Lipinski definition) is 5. The van der Waals surface area contributed by atoms with Crippen molar-refractivity contribution in [3.63, 3.8) is 0 Å². The maximum atomic E-state index is 13.9. The lowest BCUT2D eigenvalue weighted by atomic mass is 10.3. The highest BCUT2D eigenvalue weighted by Crippen LogP contribution is 2.21. The summed E-state index contributed by atoms with van der Waals surface area (Å²) < 4.78 is 46.1. The van der Waals surface area contributed by atoms with Gasteiger partial charge in [0.2, 0.25) is 10.0 Å². The lowest BCUT2D eigenvalue weighted by molar-refractivity contribution is -0.140. The molecule has 0 atom stereocenters. The second-order valence-electron chi connectivity index (χ2n) is 4.80. The van der Waals surface area contributed by atoms with Crippen LogP contribution in [-0.4, -0.2) is 42.1 Å². The molecule has 1 aromatic carbocycles. The summed E-state index contributed by atoms with van der Waals surface area (Å²) in [5.41, 5.74) is 0.566. The van der Waals surface area contributed by atoms with E-state index in [9.17, 15) is 17.6 Å². The highest BCUT2D eigenvalue weighted by Gasteiger charge is 2.29. The van der Waals surface area contributed by atoms with Gasteiger partial charge in [-0.05, 0) is 12.1 Å². The molecule has 2 aromatic rings. The number of halogens is 1. The molecule has 0 aliphatic rings. The Hall–Kier alpha value is -2.26. The SMILES string of the molecule is COC(=O)CN(Cc1cnn(C)c1)S(=O)(=O)c1ccccc1F. The van der Waals surface area contributed by atoms with E-state index in [0.29, 0.717) is 5.56 Å². The molecule has 0 fully saturated rings. The summed E-state index contributed by atoms with van der Waals surface area (Å²) in [7, 11) is -1.37. The van der Waals surface area contributed by atoms with Gasteiger partial charge in [0, 0.05) is 25.4 Å². The topological polar surface area (TPSA) is 81.5 Å². The average Bonchev–Trinajstić information content (AvgIpc) is 2.92. The number of hydrogen-bond donors (Lipinski definition) is 0. The monoisotopic (exact) mass is 341 g/mol. The van der Waals surface area contributed by atoms with Gasteiger partial charge in [0.15, 0.2) is 0 Å². The molecule has 1 aromatic heterocycles. The molecule has 2 rings (SSSR count). The molecule has 0 aliphatic carbocycles. The van der Waals surface area contributed by atoms with Crippen LogP contribution in [0.2, 0.25) is 0 Å². The van der Waals surface area contributed by atoms with E-state index >= 15 is 0 Å². The number of sulfonamides is 1. The Morgan fingerprint density at radius 2 is 2.09 bits per heavy atom. The van der Waals surface area contributed by atoms with Gasteiger partial charge in [-0.25, -0.2) is 12.8 Å². The van der Waals surface area contributed by atoms with Crippen LogP contribution in [0.3, 0.4) is 0 Å². The number of ether oxygens (including phenoxy) is 1.